The highest BCUT2D eigenvalue weighted by atomic mass is 16.5. The molecule has 2 aromatic carbocycles. The van der Waals surface area contributed by atoms with Crippen molar-refractivity contribution in [2.24, 2.45) is 0 Å². The molecule has 1 aliphatic heterocycles. The maximum absolute atomic E-state index is 14.0. The van der Waals surface area contributed by atoms with Crippen LogP contribution in [-0.2, 0) is 16.0 Å². The number of fused-ring (bicyclic) bond motifs is 3. The molecule has 4 atom stereocenters. The Morgan fingerprint density at radius 2 is 1.78 bits per heavy atom. The Labute approximate surface area is 270 Å². The fourth-order valence-electron chi connectivity index (χ4n) is 6.34. The average molecular weight is 639 g/mol. The summed E-state index contributed by atoms with van der Waals surface area (Å²) in [6.07, 6.45) is 5.68. The average Bonchev–Trinajstić information content (AvgIpc) is 3.47. The van der Waals surface area contributed by atoms with Gasteiger partial charge in [-0.3, -0.25) is 14.4 Å². The number of hydrogen-bond donors (Lipinski definition) is 3. The van der Waals surface area contributed by atoms with Crippen LogP contribution in [0.15, 0.2) is 42.0 Å². The monoisotopic (exact) mass is 638 g/mol. The number of ether oxygens (including phenoxy) is 4. The normalized spacial score (nSPS) is 19.7. The van der Waals surface area contributed by atoms with Gasteiger partial charge < -0.3 is 39.4 Å². The van der Waals surface area contributed by atoms with E-state index in [9.17, 15) is 24.6 Å². The molecule has 0 aromatic heterocycles. The van der Waals surface area contributed by atoms with Gasteiger partial charge in [-0.25, -0.2) is 0 Å². The van der Waals surface area contributed by atoms with E-state index in [-0.39, 0.29) is 37.6 Å². The van der Waals surface area contributed by atoms with Crippen LogP contribution in [0, 0.1) is 0 Å². The topological polar surface area (TPSA) is 144 Å². The van der Waals surface area contributed by atoms with Gasteiger partial charge in [0.15, 0.2) is 11.5 Å². The number of benzene rings is 2. The van der Waals surface area contributed by atoms with Gasteiger partial charge in [0.2, 0.25) is 11.8 Å². The van der Waals surface area contributed by atoms with E-state index in [4.69, 9.17) is 18.9 Å². The van der Waals surface area contributed by atoms with Gasteiger partial charge in [0.05, 0.1) is 39.9 Å². The second-order valence-electron chi connectivity index (χ2n) is 11.6. The number of carbonyl (C=O) groups excluding carboxylic acids is 3. The van der Waals surface area contributed by atoms with Crippen LogP contribution in [0.5, 0.6) is 23.0 Å². The van der Waals surface area contributed by atoms with Gasteiger partial charge in [0, 0.05) is 36.2 Å². The van der Waals surface area contributed by atoms with Gasteiger partial charge in [0.25, 0.3) is 0 Å². The summed E-state index contributed by atoms with van der Waals surface area (Å²) >= 11 is 0. The summed E-state index contributed by atoms with van der Waals surface area (Å²) in [5.41, 5.74) is 1.96. The number of methoxy groups -OCH3 is 3. The van der Waals surface area contributed by atoms with Gasteiger partial charge in [-0.05, 0) is 54.8 Å². The Bertz CT molecular complexity index is 1410. The first-order chi connectivity index (χ1) is 22.3. The summed E-state index contributed by atoms with van der Waals surface area (Å²) < 4.78 is 22.8. The number of nitrogens with one attached hydrogen (secondary N) is 1. The Morgan fingerprint density at radius 3 is 2.46 bits per heavy atom. The molecule has 1 heterocycles. The molecule has 250 valence electrons. The molecule has 2 aromatic rings. The first-order valence-corrected chi connectivity index (χ1v) is 15.9. The highest BCUT2D eigenvalue weighted by Gasteiger charge is 2.51. The molecule has 4 unspecified atom stereocenters. The zero-order valence-electron chi connectivity index (χ0n) is 27.1. The molecule has 11 nitrogen and oxygen atoms in total. The Hall–Kier alpha value is -4.09. The van der Waals surface area contributed by atoms with Crippen LogP contribution < -0.4 is 24.3 Å². The van der Waals surface area contributed by atoms with E-state index in [0.717, 1.165) is 31.2 Å². The SMILES string of the molecule is CCCCCCCC(=O)N(CCc1cc(OC)ccc1OC)C1C=C(C(=O)NCCO)C2c3cc(C=O)cc(OC)c3OC2C1O. The number of aliphatic hydroxyl groups excluding tert-OH is 2. The van der Waals surface area contributed by atoms with Crippen LogP contribution in [0.3, 0.4) is 0 Å². The molecule has 3 N–H and O–H groups in total. The number of carbonyl (C=O) groups is 3. The van der Waals surface area contributed by atoms with E-state index >= 15 is 0 Å². The maximum Gasteiger partial charge on any atom is 0.247 e. The standard InChI is InChI=1S/C35H46N2O9/c1-5-6-7-8-9-10-30(40)37(15-13-23-19-24(43-2)11-12-28(23)44-3)27-20-26(35(42)36-14-16-38)31-25-17-22(21-39)18-29(45-4)33(25)46-34(31)32(27)41/h11-12,17-21,27,31-32,34,38,41H,5-10,13-16H2,1-4H3,(H,36,42). The molecule has 11 heteroatoms. The molecule has 0 fully saturated rings. The van der Waals surface area contributed by atoms with Crippen LogP contribution in [0.4, 0.5) is 0 Å². The molecule has 0 bridgehead atoms. The number of amides is 2. The first kappa shape index (κ1) is 34.8. The Morgan fingerprint density at radius 1 is 1.02 bits per heavy atom. The van der Waals surface area contributed by atoms with Crippen molar-refractivity contribution in [2.45, 2.75) is 76.0 Å². The van der Waals surface area contributed by atoms with Crippen molar-refractivity contribution in [2.75, 3.05) is 41.0 Å². The lowest BCUT2D eigenvalue weighted by Crippen LogP contribution is -2.56. The molecule has 2 amide bonds. The number of rotatable bonds is 17. The Balaban J connectivity index is 1.74. The van der Waals surface area contributed by atoms with Crippen LogP contribution in [0.25, 0.3) is 0 Å². The number of nitrogens with zero attached hydrogens (tertiary/aromatic N) is 1. The van der Waals surface area contributed by atoms with Crippen molar-refractivity contribution in [1.29, 1.82) is 0 Å². The number of unbranched alkanes of at least 4 members (excludes halogenated alkanes) is 4. The number of aldehydes is 1. The summed E-state index contributed by atoms with van der Waals surface area (Å²) in [6, 6.07) is 7.73. The summed E-state index contributed by atoms with van der Waals surface area (Å²) in [5, 5.41) is 24.1. The van der Waals surface area contributed by atoms with E-state index in [0.29, 0.717) is 53.3 Å². The third-order valence-electron chi connectivity index (χ3n) is 8.69. The minimum absolute atomic E-state index is 0.0161. The lowest BCUT2D eigenvalue weighted by Gasteiger charge is -2.41. The third-order valence-corrected chi connectivity index (χ3v) is 8.69. The van der Waals surface area contributed by atoms with Crippen molar-refractivity contribution < 1.29 is 43.5 Å². The summed E-state index contributed by atoms with van der Waals surface area (Å²) in [4.78, 5) is 41.0. The molecule has 0 saturated carbocycles. The maximum atomic E-state index is 14.0. The largest absolute Gasteiger partial charge is 0.497 e. The second-order valence-corrected chi connectivity index (χ2v) is 11.6. The van der Waals surface area contributed by atoms with E-state index in [2.05, 4.69) is 12.2 Å². The van der Waals surface area contributed by atoms with Crippen molar-refractivity contribution in [3.63, 3.8) is 0 Å². The highest BCUT2D eigenvalue weighted by Crippen LogP contribution is 2.51. The van der Waals surface area contributed by atoms with Crippen molar-refractivity contribution >= 4 is 18.1 Å². The molecule has 0 saturated heterocycles. The van der Waals surface area contributed by atoms with Crippen LogP contribution in [0.2, 0.25) is 0 Å². The molecule has 2 aliphatic rings. The molecular weight excluding hydrogens is 592 g/mol. The molecule has 0 spiro atoms. The smallest absolute Gasteiger partial charge is 0.247 e. The van der Waals surface area contributed by atoms with Crippen LogP contribution in [0.1, 0.15) is 72.9 Å². The van der Waals surface area contributed by atoms with Gasteiger partial charge in [-0.15, -0.1) is 0 Å². The highest BCUT2D eigenvalue weighted by molar-refractivity contribution is 5.96. The zero-order chi connectivity index (χ0) is 33.2. The minimum atomic E-state index is -1.22. The molecule has 4 rings (SSSR count). The fourth-order valence-corrected chi connectivity index (χ4v) is 6.34. The lowest BCUT2D eigenvalue weighted by molar-refractivity contribution is -0.137. The quantitative estimate of drug-likeness (QED) is 0.175. The summed E-state index contributed by atoms with van der Waals surface area (Å²) in [7, 11) is 4.61. The van der Waals surface area contributed by atoms with Crippen LogP contribution >= 0.6 is 0 Å². The van der Waals surface area contributed by atoms with E-state index in [1.807, 2.05) is 12.1 Å². The van der Waals surface area contributed by atoms with Crippen molar-refractivity contribution in [1.82, 2.24) is 10.2 Å². The van der Waals surface area contributed by atoms with E-state index in [1.165, 1.54) is 13.2 Å². The second kappa shape index (κ2) is 16.5. The zero-order valence-corrected chi connectivity index (χ0v) is 27.1. The van der Waals surface area contributed by atoms with Gasteiger partial charge in [-0.2, -0.15) is 0 Å². The van der Waals surface area contributed by atoms with Crippen molar-refractivity contribution in [3.8, 4) is 23.0 Å². The predicted octanol–water partition coefficient (Wildman–Crippen LogP) is 3.58. The summed E-state index contributed by atoms with van der Waals surface area (Å²) in [5.74, 6) is 0.575. The lowest BCUT2D eigenvalue weighted by atomic mass is 9.77. The van der Waals surface area contributed by atoms with Gasteiger partial charge in [0.1, 0.15) is 30.0 Å². The van der Waals surface area contributed by atoms with E-state index < -0.39 is 30.1 Å². The predicted molar refractivity (Wildman–Crippen MR) is 172 cm³/mol. The molecule has 0 radical (unpaired) electrons. The first-order valence-electron chi connectivity index (χ1n) is 15.9. The van der Waals surface area contributed by atoms with Crippen molar-refractivity contribution in [3.05, 3.63) is 58.7 Å². The molecular formula is C35H46N2O9. The number of aliphatic hydroxyl groups is 2. The van der Waals surface area contributed by atoms with E-state index in [1.54, 1.807) is 37.3 Å². The Kier molecular flexibility index (Phi) is 12.4. The van der Waals surface area contributed by atoms with Gasteiger partial charge in [-0.1, -0.05) is 32.6 Å². The number of hydrogen-bond acceptors (Lipinski definition) is 9. The molecule has 1 aliphatic carbocycles. The molecule has 46 heavy (non-hydrogen) atoms. The summed E-state index contributed by atoms with van der Waals surface area (Å²) in [6.45, 7) is 2.11. The minimum Gasteiger partial charge on any atom is -0.497 e. The van der Waals surface area contributed by atoms with Crippen LogP contribution in [-0.4, -0.2) is 92.5 Å². The fraction of sp³-hybridized carbons (Fsp3) is 0.514. The van der Waals surface area contributed by atoms with Gasteiger partial charge >= 0.3 is 0 Å². The third kappa shape index (κ3) is 7.64.